The summed E-state index contributed by atoms with van der Waals surface area (Å²) in [6, 6.07) is 8.88. The van der Waals surface area contributed by atoms with Crippen LogP contribution in [0.1, 0.15) is 15.9 Å². The van der Waals surface area contributed by atoms with Crippen LogP contribution < -0.4 is 4.74 Å². The Morgan fingerprint density at radius 1 is 1.15 bits per heavy atom. The average Bonchev–Trinajstić information content (AvgIpc) is 3.15. The molecule has 7 heteroatoms. The van der Waals surface area contributed by atoms with Gasteiger partial charge in [0.25, 0.3) is 0 Å². The van der Waals surface area contributed by atoms with Crippen LogP contribution in [0.4, 0.5) is 0 Å². The van der Waals surface area contributed by atoms with Gasteiger partial charge in [-0.1, -0.05) is 17.7 Å². The molecule has 0 spiro atoms. The Morgan fingerprint density at radius 3 is 2.77 bits per heavy atom. The van der Waals surface area contributed by atoms with Crippen LogP contribution in [0.5, 0.6) is 5.75 Å². The summed E-state index contributed by atoms with van der Waals surface area (Å²) in [5, 5.41) is 0.637. The number of imidazole rings is 1. The molecule has 0 amide bonds. The molecule has 0 aliphatic rings. The van der Waals surface area contributed by atoms with Gasteiger partial charge in [-0.3, -0.25) is 4.98 Å². The Hall–Kier alpha value is -2.86. The van der Waals surface area contributed by atoms with Crippen LogP contribution >= 0.6 is 11.6 Å². The van der Waals surface area contributed by atoms with Gasteiger partial charge in [-0.05, 0) is 36.2 Å². The van der Waals surface area contributed by atoms with Gasteiger partial charge in [-0.2, -0.15) is 0 Å². The number of rotatable bonds is 6. The third-order valence-corrected chi connectivity index (χ3v) is 4.23. The molecule has 1 aromatic carbocycles. The monoisotopic (exact) mass is 371 g/mol. The summed E-state index contributed by atoms with van der Waals surface area (Å²) in [5.74, 6) is 1.03. The van der Waals surface area contributed by atoms with Crippen molar-refractivity contribution in [2.24, 2.45) is 0 Å². The number of hydrogen-bond donors (Lipinski definition) is 0. The summed E-state index contributed by atoms with van der Waals surface area (Å²) in [4.78, 5) is 20.4. The zero-order chi connectivity index (χ0) is 18.5. The van der Waals surface area contributed by atoms with Crippen molar-refractivity contribution in [2.45, 2.75) is 13.0 Å². The normalized spacial score (nSPS) is 10.6. The molecule has 26 heavy (non-hydrogen) atoms. The van der Waals surface area contributed by atoms with Crippen molar-refractivity contribution < 1.29 is 14.3 Å². The Bertz CT molecular complexity index is 924. The van der Waals surface area contributed by atoms with Crippen molar-refractivity contribution in [1.82, 2.24) is 14.5 Å². The molecule has 0 unspecified atom stereocenters. The maximum Gasteiger partial charge on any atom is 0.337 e. The number of pyridine rings is 1. The van der Waals surface area contributed by atoms with E-state index in [0.29, 0.717) is 28.6 Å². The van der Waals surface area contributed by atoms with E-state index in [2.05, 4.69) is 9.97 Å². The lowest BCUT2D eigenvalue weighted by molar-refractivity contribution is 0.0600. The standard InChI is InChI=1S/C19H18ClN3O3/c1-25-17-12-15(20)4-3-13(17)6-9-23-10-8-22-18(23)16-11-14(5-7-21-16)19(24)26-2/h3-5,7-8,10-12H,6,9H2,1-2H3. The van der Waals surface area contributed by atoms with Crippen LogP contribution in [0.2, 0.25) is 5.02 Å². The predicted octanol–water partition coefficient (Wildman–Crippen LogP) is 3.64. The van der Waals surface area contributed by atoms with E-state index in [9.17, 15) is 4.79 Å². The summed E-state index contributed by atoms with van der Waals surface area (Å²) in [6.45, 7) is 0.678. The maximum atomic E-state index is 11.7. The first kappa shape index (κ1) is 17.9. The fourth-order valence-corrected chi connectivity index (χ4v) is 2.85. The highest BCUT2D eigenvalue weighted by Gasteiger charge is 2.12. The number of carbonyl (C=O) groups is 1. The topological polar surface area (TPSA) is 66.2 Å². The van der Waals surface area contributed by atoms with E-state index in [0.717, 1.165) is 17.7 Å². The molecule has 2 aromatic heterocycles. The molecular formula is C19H18ClN3O3. The zero-order valence-corrected chi connectivity index (χ0v) is 15.2. The number of carbonyl (C=O) groups excluding carboxylic acids is 1. The van der Waals surface area contributed by atoms with Crippen molar-refractivity contribution in [3.63, 3.8) is 0 Å². The fourth-order valence-electron chi connectivity index (χ4n) is 2.69. The first-order valence-electron chi connectivity index (χ1n) is 8.00. The van der Waals surface area contributed by atoms with Crippen molar-refractivity contribution in [1.29, 1.82) is 0 Å². The summed E-state index contributed by atoms with van der Waals surface area (Å²) >= 11 is 6.01. The van der Waals surface area contributed by atoms with E-state index in [4.69, 9.17) is 21.1 Å². The molecule has 0 fully saturated rings. The highest BCUT2D eigenvalue weighted by molar-refractivity contribution is 6.30. The molecule has 6 nitrogen and oxygen atoms in total. The lowest BCUT2D eigenvalue weighted by Crippen LogP contribution is -2.06. The van der Waals surface area contributed by atoms with Crippen LogP contribution in [0, 0.1) is 0 Å². The Balaban J connectivity index is 1.83. The molecule has 0 radical (unpaired) electrons. The first-order valence-corrected chi connectivity index (χ1v) is 8.38. The van der Waals surface area contributed by atoms with E-state index < -0.39 is 5.97 Å². The molecule has 2 heterocycles. The highest BCUT2D eigenvalue weighted by Crippen LogP contribution is 2.24. The van der Waals surface area contributed by atoms with Gasteiger partial charge in [0.05, 0.1) is 19.8 Å². The lowest BCUT2D eigenvalue weighted by Gasteiger charge is -2.11. The molecule has 3 aromatic rings. The quantitative estimate of drug-likeness (QED) is 0.619. The maximum absolute atomic E-state index is 11.7. The van der Waals surface area contributed by atoms with Gasteiger partial charge in [0.15, 0.2) is 5.82 Å². The van der Waals surface area contributed by atoms with E-state index in [1.54, 1.807) is 37.7 Å². The van der Waals surface area contributed by atoms with Crippen LogP contribution in [-0.4, -0.2) is 34.7 Å². The molecule has 3 rings (SSSR count). The molecular weight excluding hydrogens is 354 g/mol. The summed E-state index contributed by atoms with van der Waals surface area (Å²) in [5.41, 5.74) is 2.10. The van der Waals surface area contributed by atoms with Gasteiger partial charge >= 0.3 is 5.97 Å². The third-order valence-electron chi connectivity index (χ3n) is 4.00. The number of benzene rings is 1. The third kappa shape index (κ3) is 3.86. The van der Waals surface area contributed by atoms with E-state index >= 15 is 0 Å². The first-order chi connectivity index (χ1) is 12.6. The summed E-state index contributed by atoms with van der Waals surface area (Å²) in [7, 11) is 2.98. The number of ether oxygens (including phenoxy) is 2. The van der Waals surface area contributed by atoms with Gasteiger partial charge in [0, 0.05) is 30.2 Å². The largest absolute Gasteiger partial charge is 0.496 e. The van der Waals surface area contributed by atoms with Gasteiger partial charge in [-0.15, -0.1) is 0 Å². The summed E-state index contributed by atoms with van der Waals surface area (Å²) in [6.07, 6.45) is 5.90. The number of hydrogen-bond acceptors (Lipinski definition) is 5. The van der Waals surface area contributed by atoms with Gasteiger partial charge in [0.2, 0.25) is 0 Å². The number of esters is 1. The van der Waals surface area contributed by atoms with Crippen molar-refractivity contribution in [3.8, 4) is 17.3 Å². The average molecular weight is 372 g/mol. The van der Waals surface area contributed by atoms with Crippen LogP contribution in [0.25, 0.3) is 11.5 Å². The zero-order valence-electron chi connectivity index (χ0n) is 14.5. The molecule has 134 valence electrons. The van der Waals surface area contributed by atoms with Crippen LogP contribution in [-0.2, 0) is 17.7 Å². The smallest absolute Gasteiger partial charge is 0.337 e. The Kier molecular flexibility index (Phi) is 5.53. The molecule has 0 aliphatic carbocycles. The van der Waals surface area contributed by atoms with Crippen molar-refractivity contribution >= 4 is 17.6 Å². The predicted molar refractivity (Wildman–Crippen MR) is 98.5 cm³/mol. The highest BCUT2D eigenvalue weighted by atomic mass is 35.5. The van der Waals surface area contributed by atoms with Crippen LogP contribution in [0.3, 0.4) is 0 Å². The summed E-state index contributed by atoms with van der Waals surface area (Å²) < 4.78 is 12.1. The van der Waals surface area contributed by atoms with Gasteiger partial charge < -0.3 is 14.0 Å². The number of aromatic nitrogens is 3. The molecule has 0 saturated heterocycles. The lowest BCUT2D eigenvalue weighted by atomic mass is 10.1. The van der Waals surface area contributed by atoms with E-state index in [-0.39, 0.29) is 0 Å². The SMILES string of the molecule is COC(=O)c1ccnc(-c2nccn2CCc2ccc(Cl)cc2OC)c1. The minimum absolute atomic E-state index is 0.405. The Labute approximate surface area is 156 Å². The molecule has 0 atom stereocenters. The molecule has 0 bridgehead atoms. The molecule has 0 saturated carbocycles. The number of aryl methyl sites for hydroxylation is 2. The minimum Gasteiger partial charge on any atom is -0.496 e. The van der Waals surface area contributed by atoms with Crippen LogP contribution in [0.15, 0.2) is 48.9 Å². The second-order valence-corrected chi connectivity index (χ2v) is 6.01. The fraction of sp³-hybridized carbons (Fsp3) is 0.211. The number of methoxy groups -OCH3 is 2. The van der Waals surface area contributed by atoms with Crippen molar-refractivity contribution in [2.75, 3.05) is 14.2 Å². The number of nitrogens with zero attached hydrogens (tertiary/aromatic N) is 3. The number of halogens is 1. The second-order valence-electron chi connectivity index (χ2n) is 5.57. The minimum atomic E-state index is -0.405. The van der Waals surface area contributed by atoms with E-state index in [1.807, 2.05) is 22.9 Å². The molecule has 0 N–H and O–H groups in total. The van der Waals surface area contributed by atoms with Crippen molar-refractivity contribution in [3.05, 3.63) is 65.1 Å². The second kappa shape index (κ2) is 8.01. The van der Waals surface area contributed by atoms with E-state index in [1.165, 1.54) is 7.11 Å². The Morgan fingerprint density at radius 2 is 2.00 bits per heavy atom. The van der Waals surface area contributed by atoms with Gasteiger partial charge in [0.1, 0.15) is 11.4 Å². The van der Waals surface area contributed by atoms with Gasteiger partial charge in [-0.25, -0.2) is 9.78 Å². The molecule has 0 aliphatic heterocycles.